The van der Waals surface area contributed by atoms with E-state index in [-0.39, 0.29) is 18.4 Å². The molecule has 2 rings (SSSR count). The summed E-state index contributed by atoms with van der Waals surface area (Å²) >= 11 is 1.57. The number of hydrogen-bond donors (Lipinski definition) is 0. The smallest absolute Gasteiger partial charge is 0.227 e. The molecule has 1 aromatic heterocycles. The van der Waals surface area contributed by atoms with Gasteiger partial charge in [0.05, 0.1) is 18.7 Å². The van der Waals surface area contributed by atoms with Crippen molar-refractivity contribution >= 4 is 27.3 Å². The van der Waals surface area contributed by atoms with E-state index < -0.39 is 10.0 Å². The molecular weight excluding hydrogens is 324 g/mol. The van der Waals surface area contributed by atoms with Crippen molar-refractivity contribution in [2.45, 2.75) is 6.54 Å². The Hall–Kier alpha value is -1.03. The summed E-state index contributed by atoms with van der Waals surface area (Å²) in [5.74, 6) is -0.396. The molecule has 1 aromatic rings. The van der Waals surface area contributed by atoms with Gasteiger partial charge in [0.1, 0.15) is 5.01 Å². The molecule has 2 heterocycles. The molecule has 0 unspecified atom stereocenters. The topological polar surface area (TPSA) is 73.8 Å². The first-order valence-corrected chi connectivity index (χ1v) is 9.77. The van der Waals surface area contributed by atoms with E-state index in [0.717, 1.165) is 5.01 Å². The molecule has 0 bridgehead atoms. The largest absolute Gasteiger partial charge is 0.348 e. The molecule has 124 valence electrons. The van der Waals surface area contributed by atoms with Gasteiger partial charge in [0.25, 0.3) is 0 Å². The van der Waals surface area contributed by atoms with Gasteiger partial charge in [0.15, 0.2) is 0 Å². The first-order chi connectivity index (χ1) is 10.3. The van der Waals surface area contributed by atoms with Crippen molar-refractivity contribution in [1.29, 1.82) is 0 Å². The summed E-state index contributed by atoms with van der Waals surface area (Å²) in [6.45, 7) is 2.44. The third kappa shape index (κ3) is 4.48. The van der Waals surface area contributed by atoms with E-state index in [9.17, 15) is 13.2 Å². The van der Waals surface area contributed by atoms with E-state index in [4.69, 9.17) is 0 Å². The van der Waals surface area contributed by atoms with E-state index in [1.165, 1.54) is 15.5 Å². The maximum atomic E-state index is 12.3. The van der Waals surface area contributed by atoms with Crippen LogP contribution in [-0.2, 0) is 21.4 Å². The van der Waals surface area contributed by atoms with Crippen molar-refractivity contribution < 1.29 is 13.2 Å². The van der Waals surface area contributed by atoms with Crippen molar-refractivity contribution in [3.05, 3.63) is 16.6 Å². The van der Waals surface area contributed by atoms with Gasteiger partial charge in [-0.25, -0.2) is 17.7 Å². The molecule has 9 heteroatoms. The van der Waals surface area contributed by atoms with Gasteiger partial charge in [-0.3, -0.25) is 9.69 Å². The van der Waals surface area contributed by atoms with Crippen LogP contribution in [0.25, 0.3) is 0 Å². The number of carbonyl (C=O) groups is 1. The number of thiazole rings is 1. The zero-order valence-corrected chi connectivity index (χ0v) is 14.7. The summed E-state index contributed by atoms with van der Waals surface area (Å²) in [5.41, 5.74) is 0. The molecule has 22 heavy (non-hydrogen) atoms. The van der Waals surface area contributed by atoms with Gasteiger partial charge in [-0.05, 0) is 0 Å². The zero-order chi connectivity index (χ0) is 16.3. The van der Waals surface area contributed by atoms with Gasteiger partial charge in [-0.1, -0.05) is 0 Å². The Balaban J connectivity index is 2.16. The lowest BCUT2D eigenvalue weighted by molar-refractivity contribution is -0.133. The highest BCUT2D eigenvalue weighted by atomic mass is 32.2. The lowest BCUT2D eigenvalue weighted by Gasteiger charge is -2.25. The minimum Gasteiger partial charge on any atom is -0.348 e. The first kappa shape index (κ1) is 17.3. The number of rotatable bonds is 4. The van der Waals surface area contributed by atoms with Crippen LogP contribution in [0.3, 0.4) is 0 Å². The Morgan fingerprint density at radius 3 is 2.68 bits per heavy atom. The van der Waals surface area contributed by atoms with Crippen LogP contribution in [0.1, 0.15) is 5.01 Å². The van der Waals surface area contributed by atoms with Crippen LogP contribution in [-0.4, -0.2) is 79.9 Å². The Morgan fingerprint density at radius 2 is 2.14 bits per heavy atom. The SMILES string of the molecule is CN(C)C(=O)[C@H]1CN(Cc2nccs2)CCN(S(C)(=O)=O)C1. The van der Waals surface area contributed by atoms with Crippen LogP contribution in [0, 0.1) is 5.92 Å². The number of aromatic nitrogens is 1. The Labute approximate surface area is 135 Å². The van der Waals surface area contributed by atoms with Crippen molar-refractivity contribution in [3.63, 3.8) is 0 Å². The fourth-order valence-corrected chi connectivity index (χ4v) is 4.06. The van der Waals surface area contributed by atoms with Crippen LogP contribution in [0.4, 0.5) is 0 Å². The normalized spacial score (nSPS) is 21.5. The number of hydrogen-bond acceptors (Lipinski definition) is 6. The highest BCUT2D eigenvalue weighted by molar-refractivity contribution is 7.88. The molecule has 7 nitrogen and oxygen atoms in total. The molecule has 1 amide bonds. The minimum absolute atomic E-state index is 0.0420. The molecule has 0 N–H and O–H groups in total. The number of sulfonamides is 1. The zero-order valence-electron chi connectivity index (χ0n) is 13.1. The lowest BCUT2D eigenvalue weighted by Crippen LogP contribution is -2.41. The van der Waals surface area contributed by atoms with Gasteiger partial charge in [0, 0.05) is 51.9 Å². The minimum atomic E-state index is -3.30. The number of amides is 1. The van der Waals surface area contributed by atoms with Crippen molar-refractivity contribution in [3.8, 4) is 0 Å². The highest BCUT2D eigenvalue weighted by Crippen LogP contribution is 2.17. The predicted octanol–water partition coefficient (Wildman–Crippen LogP) is -0.0753. The molecule has 1 saturated heterocycles. The van der Waals surface area contributed by atoms with Crippen molar-refractivity contribution in [1.82, 2.24) is 19.1 Å². The summed E-state index contributed by atoms with van der Waals surface area (Å²) in [6, 6.07) is 0. The molecule has 1 aliphatic heterocycles. The molecule has 1 fully saturated rings. The third-order valence-corrected chi connectivity index (χ3v) is 5.70. The second-order valence-corrected chi connectivity index (χ2v) is 8.67. The fraction of sp³-hybridized carbons (Fsp3) is 0.692. The first-order valence-electron chi connectivity index (χ1n) is 7.04. The van der Waals surface area contributed by atoms with Crippen LogP contribution in [0.2, 0.25) is 0 Å². The van der Waals surface area contributed by atoms with Gasteiger partial charge < -0.3 is 4.90 Å². The summed E-state index contributed by atoms with van der Waals surface area (Å²) in [7, 11) is 0.0913. The van der Waals surface area contributed by atoms with Crippen molar-refractivity contribution in [2.75, 3.05) is 46.5 Å². The van der Waals surface area contributed by atoms with Crippen LogP contribution >= 0.6 is 11.3 Å². The quantitative estimate of drug-likeness (QED) is 0.763. The lowest BCUT2D eigenvalue weighted by atomic mass is 10.1. The standard InChI is InChI=1S/C13H22N4O3S2/c1-15(2)13(18)11-8-16(10-12-14-4-7-21-12)5-6-17(9-11)22(3,19)20/h4,7,11H,5-6,8-10H2,1-3H3/t11-/m0/s1. The van der Waals surface area contributed by atoms with Gasteiger partial charge in [-0.2, -0.15) is 0 Å². The van der Waals surface area contributed by atoms with Gasteiger partial charge in [0.2, 0.25) is 15.9 Å². The average molecular weight is 346 g/mol. The van der Waals surface area contributed by atoms with E-state index in [1.54, 1.807) is 31.6 Å². The van der Waals surface area contributed by atoms with Crippen LogP contribution in [0.5, 0.6) is 0 Å². The Morgan fingerprint density at radius 1 is 1.41 bits per heavy atom. The maximum absolute atomic E-state index is 12.3. The van der Waals surface area contributed by atoms with Gasteiger partial charge in [-0.15, -0.1) is 11.3 Å². The molecule has 0 saturated carbocycles. The molecular formula is C13H22N4O3S2. The maximum Gasteiger partial charge on any atom is 0.227 e. The molecule has 0 spiro atoms. The number of nitrogens with zero attached hydrogens (tertiary/aromatic N) is 4. The highest BCUT2D eigenvalue weighted by Gasteiger charge is 2.32. The Kier molecular flexibility index (Phi) is 5.54. The molecule has 0 aromatic carbocycles. The van der Waals surface area contributed by atoms with Crippen LogP contribution in [0.15, 0.2) is 11.6 Å². The van der Waals surface area contributed by atoms with E-state index in [2.05, 4.69) is 9.88 Å². The second kappa shape index (κ2) is 7.03. The van der Waals surface area contributed by atoms with Gasteiger partial charge >= 0.3 is 0 Å². The predicted molar refractivity (Wildman–Crippen MR) is 86.0 cm³/mol. The van der Waals surface area contributed by atoms with E-state index >= 15 is 0 Å². The molecule has 0 aliphatic carbocycles. The van der Waals surface area contributed by atoms with Crippen LogP contribution < -0.4 is 0 Å². The third-order valence-electron chi connectivity index (χ3n) is 3.67. The fourth-order valence-electron chi connectivity index (χ4n) is 2.54. The van der Waals surface area contributed by atoms with Crippen molar-refractivity contribution in [2.24, 2.45) is 5.92 Å². The second-order valence-electron chi connectivity index (χ2n) is 5.71. The summed E-state index contributed by atoms with van der Waals surface area (Å²) < 4.78 is 25.1. The Bertz CT molecular complexity index is 601. The summed E-state index contributed by atoms with van der Waals surface area (Å²) in [4.78, 5) is 20.2. The average Bonchev–Trinajstić information content (AvgIpc) is 2.82. The molecule has 1 atom stereocenters. The monoisotopic (exact) mass is 346 g/mol. The summed E-state index contributed by atoms with van der Waals surface area (Å²) in [5, 5.41) is 2.89. The molecule has 0 radical (unpaired) electrons. The van der Waals surface area contributed by atoms with E-state index in [0.29, 0.717) is 26.2 Å². The van der Waals surface area contributed by atoms with E-state index in [1.807, 2.05) is 5.38 Å². The number of carbonyl (C=O) groups excluding carboxylic acids is 1. The summed E-state index contributed by atoms with van der Waals surface area (Å²) in [6.07, 6.45) is 2.95. The molecule has 1 aliphatic rings.